The van der Waals surface area contributed by atoms with Gasteiger partial charge >= 0.3 is 6.18 Å². The maximum Gasteiger partial charge on any atom is 0.416 e. The Labute approximate surface area is 249 Å². The fraction of sp³-hybridized carbons (Fsp3) is 0.212. The number of carbonyl (C=O) groups excluding carboxylic acids is 2. The summed E-state index contributed by atoms with van der Waals surface area (Å²) in [5.74, 6) is -1.09. The lowest BCUT2D eigenvalue weighted by molar-refractivity contribution is -0.137. The highest BCUT2D eigenvalue weighted by Gasteiger charge is 2.33. The van der Waals surface area contributed by atoms with E-state index in [1.165, 1.54) is 30.3 Å². The average Bonchev–Trinajstić information content (AvgIpc) is 2.95. The van der Waals surface area contributed by atoms with Crippen molar-refractivity contribution in [3.8, 4) is 0 Å². The molecule has 0 unspecified atom stereocenters. The van der Waals surface area contributed by atoms with Crippen LogP contribution in [0.2, 0.25) is 0 Å². The van der Waals surface area contributed by atoms with E-state index in [-0.39, 0.29) is 27.5 Å². The van der Waals surface area contributed by atoms with E-state index in [4.69, 9.17) is 0 Å². The van der Waals surface area contributed by atoms with Crippen molar-refractivity contribution < 1.29 is 31.2 Å². The van der Waals surface area contributed by atoms with Crippen LogP contribution in [0.3, 0.4) is 0 Å². The molecule has 4 aromatic carbocycles. The van der Waals surface area contributed by atoms with Gasteiger partial charge in [-0.3, -0.25) is 13.9 Å². The van der Waals surface area contributed by atoms with Crippen molar-refractivity contribution in [1.82, 2.24) is 0 Å². The van der Waals surface area contributed by atoms with Gasteiger partial charge in [0.1, 0.15) is 6.54 Å². The zero-order valence-electron chi connectivity index (χ0n) is 24.1. The lowest BCUT2D eigenvalue weighted by Crippen LogP contribution is -2.38. The number of anilines is 2. The number of halogens is 3. The van der Waals surface area contributed by atoms with E-state index in [1.54, 1.807) is 43.3 Å². The maximum absolute atomic E-state index is 13.6. The molecule has 4 rings (SSSR count). The molecule has 0 aromatic heterocycles. The van der Waals surface area contributed by atoms with Gasteiger partial charge in [-0.15, -0.1) is 0 Å². The van der Waals surface area contributed by atoms with E-state index >= 15 is 0 Å². The van der Waals surface area contributed by atoms with Gasteiger partial charge in [0.25, 0.3) is 10.0 Å². The van der Waals surface area contributed by atoms with Crippen LogP contribution in [0, 0.1) is 6.92 Å². The summed E-state index contributed by atoms with van der Waals surface area (Å²) in [6, 6.07) is 22.9. The van der Waals surface area contributed by atoms with Crippen molar-refractivity contribution in [3.05, 3.63) is 125 Å². The van der Waals surface area contributed by atoms with Crippen LogP contribution in [0.25, 0.3) is 0 Å². The Kier molecular flexibility index (Phi) is 8.82. The number of amides is 1. The molecular weight excluding hydrogens is 577 g/mol. The topological polar surface area (TPSA) is 83.6 Å². The third kappa shape index (κ3) is 7.50. The van der Waals surface area contributed by atoms with E-state index in [2.05, 4.69) is 26.1 Å². The van der Waals surface area contributed by atoms with Crippen molar-refractivity contribution in [2.24, 2.45) is 0 Å². The minimum absolute atomic E-state index is 0.0827. The van der Waals surface area contributed by atoms with Gasteiger partial charge in [-0.25, -0.2) is 8.42 Å². The molecular formula is C33H31F3N2O4S. The van der Waals surface area contributed by atoms with Crippen LogP contribution >= 0.6 is 0 Å². The molecule has 1 N–H and O–H groups in total. The van der Waals surface area contributed by atoms with Crippen LogP contribution < -0.4 is 9.62 Å². The summed E-state index contributed by atoms with van der Waals surface area (Å²) in [4.78, 5) is 26.1. The number of hydrogen-bond donors (Lipinski definition) is 1. The highest BCUT2D eigenvalue weighted by molar-refractivity contribution is 7.92. The van der Waals surface area contributed by atoms with Gasteiger partial charge in [0, 0.05) is 16.8 Å². The van der Waals surface area contributed by atoms with E-state index in [1.807, 2.05) is 12.1 Å². The molecule has 224 valence electrons. The number of nitrogens with zero attached hydrogens (tertiary/aromatic N) is 1. The molecule has 0 radical (unpaired) electrons. The molecule has 0 atom stereocenters. The molecule has 0 spiro atoms. The van der Waals surface area contributed by atoms with Gasteiger partial charge in [0.15, 0.2) is 5.78 Å². The van der Waals surface area contributed by atoms with Crippen molar-refractivity contribution in [2.75, 3.05) is 16.2 Å². The summed E-state index contributed by atoms with van der Waals surface area (Å²) < 4.78 is 68.2. The molecule has 0 heterocycles. The second-order valence-corrected chi connectivity index (χ2v) is 13.0. The number of nitrogens with one attached hydrogen (secondary N) is 1. The molecule has 0 fully saturated rings. The molecule has 10 heteroatoms. The second kappa shape index (κ2) is 12.0. The summed E-state index contributed by atoms with van der Waals surface area (Å²) in [5.41, 5.74) is 1.35. The van der Waals surface area contributed by atoms with Crippen LogP contribution in [-0.4, -0.2) is 26.7 Å². The van der Waals surface area contributed by atoms with Crippen molar-refractivity contribution in [3.63, 3.8) is 0 Å². The Hall–Kier alpha value is -4.44. The van der Waals surface area contributed by atoms with Crippen molar-refractivity contribution >= 4 is 33.1 Å². The Balaban J connectivity index is 1.61. The van der Waals surface area contributed by atoms with E-state index in [9.17, 15) is 31.2 Å². The van der Waals surface area contributed by atoms with Crippen LogP contribution in [0.1, 0.15) is 53.4 Å². The fourth-order valence-electron chi connectivity index (χ4n) is 4.35. The number of rotatable bonds is 8. The van der Waals surface area contributed by atoms with Crippen molar-refractivity contribution in [2.45, 2.75) is 44.2 Å². The number of ketones is 1. The molecule has 6 nitrogen and oxygen atoms in total. The lowest BCUT2D eigenvalue weighted by atomic mass is 9.86. The first kappa shape index (κ1) is 31.5. The predicted molar refractivity (Wildman–Crippen MR) is 161 cm³/mol. The Morgan fingerprint density at radius 2 is 1.40 bits per heavy atom. The molecule has 0 bridgehead atoms. The van der Waals surface area contributed by atoms with Crippen LogP contribution in [0.4, 0.5) is 24.5 Å². The largest absolute Gasteiger partial charge is 0.416 e. The normalized spacial score (nSPS) is 12.1. The number of aryl methyl sites for hydroxylation is 1. The molecule has 0 aliphatic rings. The Morgan fingerprint density at radius 1 is 0.767 bits per heavy atom. The number of alkyl halides is 3. The SMILES string of the molecule is Cc1ccc(S(=O)(=O)N(CC(=O)Nc2cccc(C(=O)c3ccc(C(C)(C)C)cc3)c2)c2cccc(C(F)(F)F)c2)cc1. The summed E-state index contributed by atoms with van der Waals surface area (Å²) in [6.45, 7) is 7.14. The fourth-order valence-corrected chi connectivity index (χ4v) is 5.76. The summed E-state index contributed by atoms with van der Waals surface area (Å²) in [7, 11) is -4.44. The minimum Gasteiger partial charge on any atom is -0.324 e. The zero-order chi connectivity index (χ0) is 31.6. The quantitative estimate of drug-likeness (QED) is 0.212. The van der Waals surface area contributed by atoms with Gasteiger partial charge in [-0.2, -0.15) is 13.2 Å². The highest BCUT2D eigenvalue weighted by Crippen LogP contribution is 2.33. The average molecular weight is 609 g/mol. The molecule has 0 saturated carbocycles. The van der Waals surface area contributed by atoms with Crippen LogP contribution in [0.15, 0.2) is 102 Å². The lowest BCUT2D eigenvalue weighted by Gasteiger charge is -2.25. The smallest absolute Gasteiger partial charge is 0.324 e. The zero-order valence-corrected chi connectivity index (χ0v) is 24.9. The molecule has 0 saturated heterocycles. The third-order valence-corrected chi connectivity index (χ3v) is 8.57. The van der Waals surface area contributed by atoms with Gasteiger partial charge in [0.05, 0.1) is 16.1 Å². The first-order valence-corrected chi connectivity index (χ1v) is 14.8. The van der Waals surface area contributed by atoms with Gasteiger partial charge in [0.2, 0.25) is 5.91 Å². The Morgan fingerprint density at radius 3 is 2.00 bits per heavy atom. The number of carbonyl (C=O) groups is 2. The monoisotopic (exact) mass is 608 g/mol. The molecule has 1 amide bonds. The van der Waals surface area contributed by atoms with Gasteiger partial charge < -0.3 is 5.32 Å². The third-order valence-electron chi connectivity index (χ3n) is 6.78. The standard InChI is InChI=1S/C33H31F3N2O4S/c1-22-11-17-29(18-12-22)43(41,42)38(28-10-6-8-26(20-28)33(34,35)36)21-30(39)37-27-9-5-7-24(19-27)31(40)23-13-15-25(16-14-23)32(2,3)4/h5-20H,21H2,1-4H3,(H,37,39). The molecule has 43 heavy (non-hydrogen) atoms. The van der Waals surface area contributed by atoms with Gasteiger partial charge in [-0.05, 0) is 60.4 Å². The second-order valence-electron chi connectivity index (χ2n) is 11.2. The predicted octanol–water partition coefficient (Wildman–Crippen LogP) is 7.38. The van der Waals surface area contributed by atoms with Crippen LogP contribution in [0.5, 0.6) is 0 Å². The molecule has 0 aliphatic carbocycles. The van der Waals surface area contributed by atoms with Crippen molar-refractivity contribution in [1.29, 1.82) is 0 Å². The summed E-state index contributed by atoms with van der Waals surface area (Å²) in [6.07, 6.45) is -4.72. The minimum atomic E-state index is -4.72. The van der Waals surface area contributed by atoms with Gasteiger partial charge in [-0.1, -0.05) is 80.9 Å². The number of sulfonamides is 1. The Bertz CT molecular complexity index is 1740. The molecule has 0 aliphatic heterocycles. The number of benzene rings is 4. The van der Waals surface area contributed by atoms with E-state index < -0.39 is 34.2 Å². The van der Waals surface area contributed by atoms with E-state index in [0.717, 1.165) is 23.3 Å². The van der Waals surface area contributed by atoms with E-state index in [0.29, 0.717) is 21.5 Å². The molecule has 4 aromatic rings. The first-order chi connectivity index (χ1) is 20.1. The first-order valence-electron chi connectivity index (χ1n) is 13.4. The summed E-state index contributed by atoms with van der Waals surface area (Å²) >= 11 is 0. The maximum atomic E-state index is 13.6. The van der Waals surface area contributed by atoms with Crippen LogP contribution in [-0.2, 0) is 26.4 Å². The highest BCUT2D eigenvalue weighted by atomic mass is 32.2. The summed E-state index contributed by atoms with van der Waals surface area (Å²) in [5, 5.41) is 2.58. The number of hydrogen-bond acceptors (Lipinski definition) is 4.